The third-order valence-corrected chi connectivity index (χ3v) is 1.65. The van der Waals surface area contributed by atoms with Gasteiger partial charge in [-0.05, 0) is 12.1 Å². The maximum Gasteiger partial charge on any atom is 0.159 e. The molecule has 2 rings (SSSR count). The van der Waals surface area contributed by atoms with Gasteiger partial charge in [-0.1, -0.05) is 0 Å². The second-order valence-corrected chi connectivity index (χ2v) is 2.41. The van der Waals surface area contributed by atoms with Crippen molar-refractivity contribution in [3.63, 3.8) is 0 Å². The van der Waals surface area contributed by atoms with Crippen LogP contribution in [0.2, 0.25) is 0 Å². The van der Waals surface area contributed by atoms with Crippen molar-refractivity contribution in [3.8, 4) is 11.5 Å². The van der Waals surface area contributed by atoms with Gasteiger partial charge >= 0.3 is 0 Å². The van der Waals surface area contributed by atoms with E-state index in [0.29, 0.717) is 0 Å². The van der Waals surface area contributed by atoms with Gasteiger partial charge in [-0.25, -0.2) is 0 Å². The fraction of sp³-hybridized carbons (Fsp3) is 0. The minimum Gasteiger partial charge on any atom is -0.504 e. The van der Waals surface area contributed by atoms with Gasteiger partial charge in [0.05, 0.1) is 0 Å². The third-order valence-electron chi connectivity index (χ3n) is 1.65. The lowest BCUT2D eigenvalue weighted by atomic mass is 10.2. The number of aromatic amines is 1. The maximum absolute atomic E-state index is 9.07. The molecular weight excluding hydrogens is 143 g/mol. The molecule has 0 atom stereocenters. The van der Waals surface area contributed by atoms with Crippen LogP contribution in [0.1, 0.15) is 0 Å². The number of aromatic hydroxyl groups is 2. The molecule has 0 amide bonds. The zero-order valence-corrected chi connectivity index (χ0v) is 5.70. The Kier molecular flexibility index (Phi) is 1.06. The van der Waals surface area contributed by atoms with Gasteiger partial charge in [-0.15, -0.1) is 0 Å². The first kappa shape index (κ1) is 6.09. The van der Waals surface area contributed by atoms with Gasteiger partial charge in [0.2, 0.25) is 0 Å². The van der Waals surface area contributed by atoms with Crippen LogP contribution in [0.4, 0.5) is 0 Å². The number of rotatable bonds is 0. The highest BCUT2D eigenvalue weighted by Crippen LogP contribution is 2.28. The molecule has 3 nitrogen and oxygen atoms in total. The second-order valence-electron chi connectivity index (χ2n) is 2.41. The molecule has 56 valence electrons. The molecule has 0 spiro atoms. The van der Waals surface area contributed by atoms with E-state index in [2.05, 4.69) is 4.98 Å². The number of fused-ring (bicyclic) bond motifs is 1. The van der Waals surface area contributed by atoms with Crippen LogP contribution in [0.3, 0.4) is 0 Å². The normalized spacial score (nSPS) is 10.5. The lowest BCUT2D eigenvalue weighted by Crippen LogP contribution is -1.69. The summed E-state index contributed by atoms with van der Waals surface area (Å²) in [5, 5.41) is 19.0. The largest absolute Gasteiger partial charge is 0.504 e. The molecule has 1 aromatic carbocycles. The average molecular weight is 150 g/mol. The summed E-state index contributed by atoms with van der Waals surface area (Å²) in [7, 11) is 0. The lowest BCUT2D eigenvalue weighted by molar-refractivity contribution is 0.405. The predicted octanol–water partition coefficient (Wildman–Crippen LogP) is 1.58. The summed E-state index contributed by atoms with van der Waals surface area (Å²) in [5.41, 5.74) is 0.820. The van der Waals surface area contributed by atoms with Crippen molar-refractivity contribution in [2.24, 2.45) is 0 Å². The Balaban J connectivity index is 2.86. The van der Waals surface area contributed by atoms with Gasteiger partial charge in [0, 0.05) is 23.2 Å². The van der Waals surface area contributed by atoms with E-state index in [1.54, 1.807) is 6.20 Å². The van der Waals surface area contributed by atoms with E-state index in [4.69, 9.17) is 10.2 Å². The molecule has 0 saturated heterocycles. The zero-order valence-electron chi connectivity index (χ0n) is 5.70. The molecule has 0 aliphatic heterocycles. The molecule has 11 heavy (non-hydrogen) atoms. The number of hydrogen-bond acceptors (Lipinski definition) is 2. The Morgan fingerprint density at radius 1 is 1.09 bits per heavy atom. The van der Waals surface area contributed by atoms with Crippen LogP contribution >= 0.6 is 0 Å². The van der Waals surface area contributed by atoms with E-state index in [0.717, 1.165) is 10.9 Å². The molecule has 0 unspecified atom stereocenters. The van der Waals surface area contributed by atoms with Crippen molar-refractivity contribution in [1.82, 2.24) is 4.98 Å². The zero-order chi connectivity index (χ0) is 7.84. The van der Waals surface area contributed by atoms with Crippen LogP contribution in [0.5, 0.6) is 11.5 Å². The molecule has 0 radical (unpaired) electrons. The Morgan fingerprint density at radius 3 is 2.64 bits per heavy atom. The van der Waals surface area contributed by atoms with Crippen LogP contribution in [0.15, 0.2) is 24.4 Å². The highest BCUT2D eigenvalue weighted by atomic mass is 16.3. The predicted molar refractivity (Wildman–Crippen MR) is 41.6 cm³/mol. The first-order valence-corrected chi connectivity index (χ1v) is 3.26. The highest BCUT2D eigenvalue weighted by molar-refractivity contribution is 5.82. The summed E-state index contributed by atoms with van der Waals surface area (Å²) in [6.45, 7) is 0. The Labute approximate surface area is 62.9 Å². The fourth-order valence-electron chi connectivity index (χ4n) is 1.08. The van der Waals surface area contributed by atoms with E-state index >= 15 is 0 Å². The smallest absolute Gasteiger partial charge is 0.159 e. The summed E-state index contributed by atoms with van der Waals surface area (Å²) < 4.78 is 0. The number of phenolic OH excluding ortho intramolecular Hbond substituents is 2. The van der Waals surface area contributed by atoms with Gasteiger partial charge < -0.3 is 15.2 Å². The Morgan fingerprint density at radius 2 is 1.82 bits per heavy atom. The van der Waals surface area contributed by atoms with Crippen LogP contribution in [0, 0.1) is 0 Å². The molecule has 0 aliphatic rings. The van der Waals surface area contributed by atoms with E-state index in [1.165, 1.54) is 12.1 Å². The second kappa shape index (κ2) is 1.92. The van der Waals surface area contributed by atoms with E-state index in [-0.39, 0.29) is 11.5 Å². The van der Waals surface area contributed by atoms with Crippen LogP contribution in [-0.2, 0) is 0 Å². The first-order valence-electron chi connectivity index (χ1n) is 3.26. The Hall–Kier alpha value is -1.64. The lowest BCUT2D eigenvalue weighted by Gasteiger charge is -1.95. The molecule has 0 saturated carbocycles. The molecule has 3 heteroatoms. The van der Waals surface area contributed by atoms with E-state index in [9.17, 15) is 0 Å². The standard InChI is InChI=1S/C8H7NO2/c10-7-3-5-1-2-9-6(5)4-8(7)11/h1-4,9-11H/i2+1. The molecule has 0 fully saturated rings. The van der Waals surface area contributed by atoms with Gasteiger partial charge in [0.25, 0.3) is 0 Å². The van der Waals surface area contributed by atoms with Crippen molar-refractivity contribution in [2.45, 2.75) is 0 Å². The molecule has 1 heterocycles. The molecule has 1 aromatic heterocycles. The quantitative estimate of drug-likeness (QED) is 0.499. The van der Waals surface area contributed by atoms with Crippen LogP contribution in [-0.4, -0.2) is 15.2 Å². The van der Waals surface area contributed by atoms with Gasteiger partial charge in [-0.2, -0.15) is 0 Å². The highest BCUT2D eigenvalue weighted by Gasteiger charge is 2.01. The SMILES string of the molecule is Oc1cc2c[13cH][nH]c2cc1O. The summed E-state index contributed by atoms with van der Waals surface area (Å²) in [4.78, 5) is 2.92. The minimum atomic E-state index is -0.0973. The van der Waals surface area contributed by atoms with Crippen molar-refractivity contribution < 1.29 is 10.2 Å². The number of nitrogens with one attached hydrogen (secondary N) is 1. The topological polar surface area (TPSA) is 56.2 Å². The van der Waals surface area contributed by atoms with E-state index < -0.39 is 0 Å². The molecule has 2 aromatic rings. The number of hydrogen-bond donors (Lipinski definition) is 3. The fourth-order valence-corrected chi connectivity index (χ4v) is 1.08. The molecular formula is C8H7NO2. The van der Waals surface area contributed by atoms with Crippen molar-refractivity contribution in [1.29, 1.82) is 0 Å². The van der Waals surface area contributed by atoms with Crippen molar-refractivity contribution in [2.75, 3.05) is 0 Å². The Bertz CT molecular complexity index is 356. The molecule has 3 N–H and O–H groups in total. The first-order chi connectivity index (χ1) is 5.27. The van der Waals surface area contributed by atoms with Gasteiger partial charge in [0.1, 0.15) is 0 Å². The number of benzene rings is 1. The van der Waals surface area contributed by atoms with Crippen LogP contribution in [0.25, 0.3) is 10.9 Å². The molecule has 0 bridgehead atoms. The number of aromatic nitrogens is 1. The van der Waals surface area contributed by atoms with Crippen molar-refractivity contribution >= 4 is 10.9 Å². The summed E-state index contributed by atoms with van der Waals surface area (Å²) in [6.07, 6.45) is 1.75. The van der Waals surface area contributed by atoms with Crippen molar-refractivity contribution in [3.05, 3.63) is 24.4 Å². The monoisotopic (exact) mass is 150 g/mol. The maximum atomic E-state index is 9.07. The number of H-pyrrole nitrogens is 1. The van der Waals surface area contributed by atoms with Crippen LogP contribution < -0.4 is 0 Å². The van der Waals surface area contributed by atoms with Gasteiger partial charge in [0.15, 0.2) is 11.5 Å². The summed E-state index contributed by atoms with van der Waals surface area (Å²) in [6, 6.07) is 4.83. The number of phenols is 2. The van der Waals surface area contributed by atoms with Gasteiger partial charge in [-0.3, -0.25) is 0 Å². The third kappa shape index (κ3) is 0.816. The van der Waals surface area contributed by atoms with E-state index in [1.807, 2.05) is 6.07 Å². The minimum absolute atomic E-state index is 0.0860. The average Bonchev–Trinajstić information content (AvgIpc) is 2.36. The summed E-state index contributed by atoms with van der Waals surface area (Å²) >= 11 is 0. The summed E-state index contributed by atoms with van der Waals surface area (Å²) in [5.74, 6) is -0.183. The molecule has 0 aliphatic carbocycles.